The van der Waals surface area contributed by atoms with E-state index < -0.39 is 0 Å². The first-order chi connectivity index (χ1) is 8.24. The van der Waals surface area contributed by atoms with Gasteiger partial charge in [0.15, 0.2) is 0 Å². The Kier molecular flexibility index (Phi) is 2.80. The van der Waals surface area contributed by atoms with Crippen molar-refractivity contribution in [2.75, 3.05) is 0 Å². The molecule has 0 aromatic carbocycles. The van der Waals surface area contributed by atoms with Crippen molar-refractivity contribution in [3.63, 3.8) is 0 Å². The number of aliphatic hydroxyl groups excluding tert-OH is 1. The summed E-state index contributed by atoms with van der Waals surface area (Å²) in [4.78, 5) is 4.51. The van der Waals surface area contributed by atoms with Crippen LogP contribution in [0.4, 0.5) is 0 Å². The largest absolute Gasteiger partial charge is 0.469 e. The van der Waals surface area contributed by atoms with Gasteiger partial charge in [-0.1, -0.05) is 0 Å². The van der Waals surface area contributed by atoms with Crippen molar-refractivity contribution in [2.45, 2.75) is 31.9 Å². The summed E-state index contributed by atoms with van der Waals surface area (Å²) in [6.45, 7) is 0.825. The van der Waals surface area contributed by atoms with Crippen LogP contribution >= 0.6 is 15.9 Å². The van der Waals surface area contributed by atoms with Crippen LogP contribution in [0.2, 0.25) is 0 Å². The molecule has 2 aromatic rings. The summed E-state index contributed by atoms with van der Waals surface area (Å²) in [5, 5.41) is 9.67. The molecule has 0 bridgehead atoms. The highest BCUT2D eigenvalue weighted by molar-refractivity contribution is 9.10. The van der Waals surface area contributed by atoms with Crippen molar-refractivity contribution in [1.82, 2.24) is 9.55 Å². The molecule has 0 saturated heterocycles. The zero-order valence-electron chi connectivity index (χ0n) is 9.27. The Labute approximate surface area is 107 Å². The van der Waals surface area contributed by atoms with Crippen molar-refractivity contribution in [2.24, 2.45) is 0 Å². The summed E-state index contributed by atoms with van der Waals surface area (Å²) in [6.07, 6.45) is 3.59. The average Bonchev–Trinajstić information content (AvgIpc) is 2.89. The van der Waals surface area contributed by atoms with E-state index in [0.29, 0.717) is 12.8 Å². The standard InChI is InChI=1S/C12H13BrN2O2/c13-12-10-6-8(16)3-4-15(10)11(14-12)7-9-2-1-5-17-9/h1-2,5,8,16H,3-4,6-7H2. The summed E-state index contributed by atoms with van der Waals surface area (Å²) >= 11 is 3.46. The third-order valence-electron chi connectivity index (χ3n) is 3.13. The van der Waals surface area contributed by atoms with Crippen LogP contribution in [0.15, 0.2) is 27.4 Å². The van der Waals surface area contributed by atoms with E-state index in [0.717, 1.165) is 34.8 Å². The van der Waals surface area contributed by atoms with Gasteiger partial charge in [0.2, 0.25) is 0 Å². The molecule has 1 N–H and O–H groups in total. The van der Waals surface area contributed by atoms with E-state index in [2.05, 4.69) is 25.5 Å². The van der Waals surface area contributed by atoms with Crippen LogP contribution in [0.5, 0.6) is 0 Å². The Morgan fingerprint density at radius 3 is 3.24 bits per heavy atom. The fourth-order valence-corrected chi connectivity index (χ4v) is 2.85. The van der Waals surface area contributed by atoms with Crippen molar-refractivity contribution < 1.29 is 9.52 Å². The minimum atomic E-state index is -0.244. The molecule has 0 aliphatic carbocycles. The van der Waals surface area contributed by atoms with Crippen molar-refractivity contribution in [1.29, 1.82) is 0 Å². The monoisotopic (exact) mass is 296 g/mol. The maximum atomic E-state index is 9.67. The number of imidazole rings is 1. The van der Waals surface area contributed by atoms with Crippen LogP contribution in [0.1, 0.15) is 23.7 Å². The van der Waals surface area contributed by atoms with Crippen LogP contribution in [-0.4, -0.2) is 20.8 Å². The van der Waals surface area contributed by atoms with E-state index in [4.69, 9.17) is 4.42 Å². The predicted molar refractivity (Wildman–Crippen MR) is 65.8 cm³/mol. The lowest BCUT2D eigenvalue weighted by atomic mass is 10.1. The fraction of sp³-hybridized carbons (Fsp3) is 0.417. The molecule has 0 fully saturated rings. The number of halogens is 1. The van der Waals surface area contributed by atoms with E-state index in [1.54, 1.807) is 6.26 Å². The number of hydrogen-bond donors (Lipinski definition) is 1. The predicted octanol–water partition coefficient (Wildman–Crippen LogP) is 2.14. The molecular formula is C12H13BrN2O2. The van der Waals surface area contributed by atoms with Gasteiger partial charge in [-0.15, -0.1) is 0 Å². The van der Waals surface area contributed by atoms with E-state index in [-0.39, 0.29) is 6.10 Å². The molecule has 4 nitrogen and oxygen atoms in total. The van der Waals surface area contributed by atoms with Crippen molar-refractivity contribution in [3.8, 4) is 0 Å². The van der Waals surface area contributed by atoms with Gasteiger partial charge in [-0.05, 0) is 34.5 Å². The summed E-state index contributed by atoms with van der Waals surface area (Å²) in [5.41, 5.74) is 1.09. The topological polar surface area (TPSA) is 51.2 Å². The molecule has 0 saturated carbocycles. The highest BCUT2D eigenvalue weighted by Crippen LogP contribution is 2.26. The molecule has 0 radical (unpaired) electrons. The number of aromatic nitrogens is 2. The van der Waals surface area contributed by atoms with Gasteiger partial charge in [0, 0.05) is 13.0 Å². The zero-order chi connectivity index (χ0) is 11.8. The van der Waals surface area contributed by atoms with E-state index in [1.807, 2.05) is 12.1 Å². The van der Waals surface area contributed by atoms with E-state index in [1.165, 1.54) is 0 Å². The van der Waals surface area contributed by atoms with Crippen LogP contribution in [0, 0.1) is 0 Å². The number of furan rings is 1. The van der Waals surface area contributed by atoms with Gasteiger partial charge in [0.05, 0.1) is 24.5 Å². The average molecular weight is 297 g/mol. The Morgan fingerprint density at radius 2 is 2.47 bits per heavy atom. The number of fused-ring (bicyclic) bond motifs is 1. The molecule has 1 aliphatic rings. The number of aliphatic hydroxyl groups is 1. The summed E-state index contributed by atoms with van der Waals surface area (Å²) in [6, 6.07) is 3.83. The molecule has 2 aromatic heterocycles. The third kappa shape index (κ3) is 2.05. The van der Waals surface area contributed by atoms with Crippen LogP contribution in [-0.2, 0) is 19.4 Å². The zero-order valence-corrected chi connectivity index (χ0v) is 10.9. The lowest BCUT2D eigenvalue weighted by molar-refractivity contribution is 0.142. The quantitative estimate of drug-likeness (QED) is 0.924. The molecule has 1 unspecified atom stereocenters. The first-order valence-corrected chi connectivity index (χ1v) is 6.47. The van der Waals surface area contributed by atoms with Gasteiger partial charge in [0.1, 0.15) is 16.2 Å². The molecular weight excluding hydrogens is 284 g/mol. The van der Waals surface area contributed by atoms with Gasteiger partial charge in [0.25, 0.3) is 0 Å². The second-order valence-corrected chi connectivity index (χ2v) is 5.07. The minimum absolute atomic E-state index is 0.244. The Morgan fingerprint density at radius 1 is 1.59 bits per heavy atom. The first kappa shape index (κ1) is 11.0. The van der Waals surface area contributed by atoms with Crippen molar-refractivity contribution in [3.05, 3.63) is 40.3 Å². The van der Waals surface area contributed by atoms with E-state index in [9.17, 15) is 5.11 Å². The first-order valence-electron chi connectivity index (χ1n) is 5.68. The van der Waals surface area contributed by atoms with Gasteiger partial charge in [-0.25, -0.2) is 4.98 Å². The minimum Gasteiger partial charge on any atom is -0.469 e. The molecule has 5 heteroatoms. The van der Waals surface area contributed by atoms with Crippen LogP contribution in [0.25, 0.3) is 0 Å². The SMILES string of the molecule is OC1CCn2c(Cc3ccco3)nc(Br)c2C1. The van der Waals surface area contributed by atoms with Gasteiger partial charge in [-0.2, -0.15) is 0 Å². The molecule has 3 heterocycles. The van der Waals surface area contributed by atoms with Crippen LogP contribution in [0.3, 0.4) is 0 Å². The Bertz CT molecular complexity index is 519. The highest BCUT2D eigenvalue weighted by Gasteiger charge is 2.23. The molecule has 17 heavy (non-hydrogen) atoms. The summed E-state index contributed by atoms with van der Waals surface area (Å²) < 4.78 is 8.37. The Balaban J connectivity index is 1.93. The Hall–Kier alpha value is -1.07. The number of nitrogens with zero attached hydrogens (tertiary/aromatic N) is 2. The molecule has 3 rings (SSSR count). The molecule has 1 atom stereocenters. The lowest BCUT2D eigenvalue weighted by Gasteiger charge is -2.21. The summed E-state index contributed by atoms with van der Waals surface area (Å²) in [5.74, 6) is 1.91. The second-order valence-electron chi connectivity index (χ2n) is 4.32. The second kappa shape index (κ2) is 4.31. The summed E-state index contributed by atoms with van der Waals surface area (Å²) in [7, 11) is 0. The molecule has 90 valence electrons. The third-order valence-corrected chi connectivity index (χ3v) is 3.77. The highest BCUT2D eigenvalue weighted by atomic mass is 79.9. The lowest BCUT2D eigenvalue weighted by Crippen LogP contribution is -2.24. The molecule has 0 spiro atoms. The van der Waals surface area contributed by atoms with Gasteiger partial charge in [-0.3, -0.25) is 0 Å². The van der Waals surface area contributed by atoms with Crippen molar-refractivity contribution >= 4 is 15.9 Å². The number of hydrogen-bond acceptors (Lipinski definition) is 3. The van der Waals surface area contributed by atoms with Crippen LogP contribution < -0.4 is 0 Å². The fourth-order valence-electron chi connectivity index (χ4n) is 2.27. The van der Waals surface area contributed by atoms with Gasteiger partial charge >= 0.3 is 0 Å². The number of rotatable bonds is 2. The smallest absolute Gasteiger partial charge is 0.127 e. The van der Waals surface area contributed by atoms with Gasteiger partial charge < -0.3 is 14.1 Å². The maximum Gasteiger partial charge on any atom is 0.127 e. The molecule has 1 aliphatic heterocycles. The molecule has 0 amide bonds. The normalized spacial score (nSPS) is 19.3. The maximum absolute atomic E-state index is 9.67. The van der Waals surface area contributed by atoms with E-state index >= 15 is 0 Å².